The highest BCUT2D eigenvalue weighted by Crippen LogP contribution is 2.09. The molecule has 0 unspecified atom stereocenters. The molecular formula is C15H21N5O. The third-order valence-corrected chi connectivity index (χ3v) is 2.84. The van der Waals surface area contributed by atoms with Crippen LogP contribution in [-0.4, -0.2) is 28.1 Å². The van der Waals surface area contributed by atoms with Crippen molar-refractivity contribution < 1.29 is 4.74 Å². The Balaban J connectivity index is 1.81. The summed E-state index contributed by atoms with van der Waals surface area (Å²) in [7, 11) is 0. The minimum Gasteiger partial charge on any atom is -0.463 e. The molecule has 0 radical (unpaired) electrons. The second kappa shape index (κ2) is 8.04. The summed E-state index contributed by atoms with van der Waals surface area (Å²) in [6.07, 6.45) is 2.89. The van der Waals surface area contributed by atoms with Crippen LogP contribution < -0.4 is 15.8 Å². The van der Waals surface area contributed by atoms with Crippen molar-refractivity contribution in [2.45, 2.75) is 26.2 Å². The van der Waals surface area contributed by atoms with Gasteiger partial charge in [0, 0.05) is 6.54 Å². The van der Waals surface area contributed by atoms with Gasteiger partial charge in [-0.1, -0.05) is 37.3 Å². The molecule has 2 aromatic rings. The average molecular weight is 287 g/mol. The number of hydrogen-bond acceptors (Lipinski definition) is 6. The van der Waals surface area contributed by atoms with Crippen molar-refractivity contribution in [3.8, 4) is 6.01 Å². The first kappa shape index (κ1) is 15.0. The second-order valence-corrected chi connectivity index (χ2v) is 4.66. The Morgan fingerprint density at radius 2 is 1.95 bits per heavy atom. The molecule has 112 valence electrons. The van der Waals surface area contributed by atoms with Gasteiger partial charge in [0.2, 0.25) is 11.9 Å². The predicted molar refractivity (Wildman–Crippen MR) is 83.3 cm³/mol. The van der Waals surface area contributed by atoms with Crippen molar-refractivity contribution in [2.75, 3.05) is 24.2 Å². The zero-order valence-corrected chi connectivity index (χ0v) is 12.2. The molecule has 0 aliphatic rings. The Hall–Kier alpha value is -2.37. The smallest absolute Gasteiger partial charge is 0.323 e. The van der Waals surface area contributed by atoms with E-state index in [0.717, 1.165) is 25.8 Å². The van der Waals surface area contributed by atoms with E-state index in [2.05, 4.69) is 32.4 Å². The molecule has 1 heterocycles. The van der Waals surface area contributed by atoms with Crippen molar-refractivity contribution >= 4 is 11.9 Å². The lowest BCUT2D eigenvalue weighted by atomic mass is 10.1. The fourth-order valence-corrected chi connectivity index (χ4v) is 1.85. The maximum atomic E-state index is 5.64. The largest absolute Gasteiger partial charge is 0.463 e. The summed E-state index contributed by atoms with van der Waals surface area (Å²) >= 11 is 0. The molecule has 0 amide bonds. The number of rotatable bonds is 8. The van der Waals surface area contributed by atoms with E-state index in [1.807, 2.05) is 25.1 Å². The van der Waals surface area contributed by atoms with Crippen LogP contribution in [-0.2, 0) is 6.42 Å². The van der Waals surface area contributed by atoms with Gasteiger partial charge in [-0.3, -0.25) is 0 Å². The van der Waals surface area contributed by atoms with E-state index < -0.39 is 0 Å². The van der Waals surface area contributed by atoms with Gasteiger partial charge in [0.1, 0.15) is 0 Å². The lowest BCUT2D eigenvalue weighted by Crippen LogP contribution is -2.11. The van der Waals surface area contributed by atoms with Crippen LogP contribution in [0.4, 0.5) is 11.9 Å². The van der Waals surface area contributed by atoms with Gasteiger partial charge in [0.25, 0.3) is 0 Å². The number of anilines is 2. The number of benzene rings is 1. The van der Waals surface area contributed by atoms with Crippen LogP contribution in [0, 0.1) is 0 Å². The molecule has 0 aliphatic carbocycles. The number of hydrogen-bond donors (Lipinski definition) is 2. The topological polar surface area (TPSA) is 86.0 Å². The summed E-state index contributed by atoms with van der Waals surface area (Å²) in [6, 6.07) is 10.6. The van der Waals surface area contributed by atoms with Crippen molar-refractivity contribution in [3.05, 3.63) is 35.9 Å². The zero-order valence-electron chi connectivity index (χ0n) is 12.2. The minimum atomic E-state index is 0.168. The molecular weight excluding hydrogens is 266 g/mol. The molecule has 0 fully saturated rings. The van der Waals surface area contributed by atoms with Crippen molar-refractivity contribution in [2.24, 2.45) is 0 Å². The molecule has 0 atom stereocenters. The average Bonchev–Trinajstić information content (AvgIpc) is 2.50. The number of nitrogens with one attached hydrogen (secondary N) is 1. The first-order valence-corrected chi connectivity index (χ1v) is 7.20. The molecule has 2 rings (SSSR count). The van der Waals surface area contributed by atoms with Crippen LogP contribution >= 0.6 is 0 Å². The van der Waals surface area contributed by atoms with E-state index in [0.29, 0.717) is 12.6 Å². The van der Waals surface area contributed by atoms with Gasteiger partial charge < -0.3 is 15.8 Å². The third-order valence-electron chi connectivity index (χ3n) is 2.84. The van der Waals surface area contributed by atoms with Gasteiger partial charge >= 0.3 is 6.01 Å². The maximum absolute atomic E-state index is 5.64. The highest BCUT2D eigenvalue weighted by atomic mass is 16.5. The van der Waals surface area contributed by atoms with Gasteiger partial charge in [0.15, 0.2) is 0 Å². The van der Waals surface area contributed by atoms with E-state index in [1.54, 1.807) is 0 Å². The molecule has 1 aromatic carbocycles. The summed E-state index contributed by atoms with van der Waals surface area (Å²) < 4.78 is 5.37. The first-order valence-electron chi connectivity index (χ1n) is 7.20. The summed E-state index contributed by atoms with van der Waals surface area (Å²) in [6.45, 7) is 3.36. The molecule has 6 heteroatoms. The SMILES string of the molecule is CCCOc1nc(N)nc(NCCCc2ccccc2)n1. The number of nitrogen functional groups attached to an aromatic ring is 1. The molecule has 21 heavy (non-hydrogen) atoms. The molecule has 3 N–H and O–H groups in total. The summed E-state index contributed by atoms with van der Waals surface area (Å²) in [5.74, 6) is 0.628. The molecule has 0 saturated heterocycles. The highest BCUT2D eigenvalue weighted by molar-refractivity contribution is 5.32. The van der Waals surface area contributed by atoms with Crippen LogP contribution in [0.2, 0.25) is 0 Å². The summed E-state index contributed by atoms with van der Waals surface area (Å²) in [5.41, 5.74) is 6.96. The van der Waals surface area contributed by atoms with E-state index in [4.69, 9.17) is 10.5 Å². The fourth-order valence-electron chi connectivity index (χ4n) is 1.85. The van der Waals surface area contributed by atoms with E-state index in [9.17, 15) is 0 Å². The monoisotopic (exact) mass is 287 g/mol. The van der Waals surface area contributed by atoms with Gasteiger partial charge in [0.05, 0.1) is 6.61 Å². The number of nitrogens with two attached hydrogens (primary N) is 1. The number of nitrogens with zero attached hydrogens (tertiary/aromatic N) is 3. The fraction of sp³-hybridized carbons (Fsp3) is 0.400. The van der Waals surface area contributed by atoms with Gasteiger partial charge in [-0.15, -0.1) is 0 Å². The van der Waals surface area contributed by atoms with Crippen LogP contribution in [0.15, 0.2) is 30.3 Å². The van der Waals surface area contributed by atoms with Gasteiger partial charge in [-0.25, -0.2) is 0 Å². The van der Waals surface area contributed by atoms with E-state index in [-0.39, 0.29) is 12.0 Å². The van der Waals surface area contributed by atoms with Crippen molar-refractivity contribution in [3.63, 3.8) is 0 Å². The Bertz CT molecular complexity index is 547. The Morgan fingerprint density at radius 1 is 1.14 bits per heavy atom. The molecule has 1 aromatic heterocycles. The van der Waals surface area contributed by atoms with E-state index in [1.165, 1.54) is 5.56 Å². The Morgan fingerprint density at radius 3 is 2.71 bits per heavy atom. The number of ether oxygens (including phenoxy) is 1. The molecule has 6 nitrogen and oxygen atoms in total. The van der Waals surface area contributed by atoms with Crippen molar-refractivity contribution in [1.29, 1.82) is 0 Å². The normalized spacial score (nSPS) is 10.3. The Labute approximate surface area is 124 Å². The summed E-state index contributed by atoms with van der Waals surface area (Å²) in [5, 5.41) is 3.15. The lowest BCUT2D eigenvalue weighted by Gasteiger charge is -2.07. The number of aromatic nitrogens is 3. The Kier molecular flexibility index (Phi) is 5.75. The first-order chi connectivity index (χ1) is 10.3. The summed E-state index contributed by atoms with van der Waals surface area (Å²) in [4.78, 5) is 12.2. The zero-order chi connectivity index (χ0) is 14.9. The minimum absolute atomic E-state index is 0.168. The number of aryl methyl sites for hydroxylation is 1. The van der Waals surface area contributed by atoms with Crippen LogP contribution in [0.1, 0.15) is 25.3 Å². The quantitative estimate of drug-likeness (QED) is 0.724. The molecule has 0 saturated carbocycles. The van der Waals surface area contributed by atoms with E-state index >= 15 is 0 Å². The van der Waals surface area contributed by atoms with Gasteiger partial charge in [-0.05, 0) is 24.8 Å². The van der Waals surface area contributed by atoms with Crippen LogP contribution in [0.25, 0.3) is 0 Å². The standard InChI is InChI=1S/C15H21N5O/c1-2-11-21-15-19-13(16)18-14(20-15)17-10-6-9-12-7-4-3-5-8-12/h3-5,7-8H,2,6,9-11H2,1H3,(H3,16,17,18,19,20). The van der Waals surface area contributed by atoms with Crippen LogP contribution in [0.3, 0.4) is 0 Å². The van der Waals surface area contributed by atoms with Crippen molar-refractivity contribution in [1.82, 2.24) is 15.0 Å². The maximum Gasteiger partial charge on any atom is 0.323 e. The van der Waals surface area contributed by atoms with Gasteiger partial charge in [-0.2, -0.15) is 15.0 Å². The van der Waals surface area contributed by atoms with Crippen LogP contribution in [0.5, 0.6) is 6.01 Å². The predicted octanol–water partition coefficient (Wildman–Crippen LogP) is 2.29. The molecule has 0 spiro atoms. The third kappa shape index (κ3) is 5.25. The highest BCUT2D eigenvalue weighted by Gasteiger charge is 2.04. The molecule has 0 bridgehead atoms. The second-order valence-electron chi connectivity index (χ2n) is 4.66. The molecule has 0 aliphatic heterocycles. The lowest BCUT2D eigenvalue weighted by molar-refractivity contribution is 0.292.